The van der Waals surface area contributed by atoms with Crippen LogP contribution in [0.2, 0.25) is 0 Å². The highest BCUT2D eigenvalue weighted by molar-refractivity contribution is 7.92. The summed E-state index contributed by atoms with van der Waals surface area (Å²) in [6.07, 6.45) is 1.34. The van der Waals surface area contributed by atoms with Crippen LogP contribution < -0.4 is 4.72 Å². The minimum Gasteiger partial charge on any atom is -0.469 e. The highest BCUT2D eigenvalue weighted by Gasteiger charge is 2.16. The van der Waals surface area contributed by atoms with E-state index < -0.39 is 10.0 Å². The predicted octanol–water partition coefficient (Wildman–Crippen LogP) is 0.331. The lowest BCUT2D eigenvalue weighted by Gasteiger charge is -2.07. The molecule has 0 amide bonds. The molecule has 0 atom stereocenters. The Hall–Kier alpha value is -2.42. The number of nitrogens with zero attached hydrogens (tertiary/aromatic N) is 3. The second-order valence-electron chi connectivity index (χ2n) is 4.21. The van der Waals surface area contributed by atoms with Crippen molar-refractivity contribution < 1.29 is 17.9 Å². The second-order valence-corrected chi connectivity index (χ2v) is 5.89. The molecule has 1 aromatic heterocycles. The maximum Gasteiger partial charge on any atom is 0.309 e. The maximum atomic E-state index is 12.2. The number of aryl methyl sites for hydroxylation is 1. The number of carbonyl (C=O) groups is 1. The third-order valence-electron chi connectivity index (χ3n) is 2.75. The van der Waals surface area contributed by atoms with Crippen LogP contribution in [0.3, 0.4) is 0 Å². The number of hydrogen-bond acceptors (Lipinski definition) is 6. The lowest BCUT2D eigenvalue weighted by Crippen LogP contribution is -2.16. The summed E-state index contributed by atoms with van der Waals surface area (Å²) < 4.78 is 32.5. The van der Waals surface area contributed by atoms with E-state index in [-0.39, 0.29) is 23.2 Å². The van der Waals surface area contributed by atoms with Crippen LogP contribution in [-0.2, 0) is 33.0 Å². The number of methoxy groups -OCH3 is 1. The molecule has 0 aliphatic rings. The Balaban J connectivity index is 2.17. The van der Waals surface area contributed by atoms with Gasteiger partial charge in [-0.3, -0.25) is 4.79 Å². The highest BCUT2D eigenvalue weighted by Crippen LogP contribution is 2.15. The molecule has 9 heteroatoms. The third-order valence-corrected chi connectivity index (χ3v) is 4.09. The Morgan fingerprint density at radius 3 is 2.52 bits per heavy atom. The van der Waals surface area contributed by atoms with Crippen molar-refractivity contribution in [2.24, 2.45) is 7.05 Å². The molecule has 0 unspecified atom stereocenters. The van der Waals surface area contributed by atoms with E-state index in [2.05, 4.69) is 19.5 Å². The first-order chi connectivity index (χ1) is 9.92. The third kappa shape index (κ3) is 3.57. The Morgan fingerprint density at radius 1 is 1.33 bits per heavy atom. The van der Waals surface area contributed by atoms with E-state index in [1.54, 1.807) is 19.2 Å². The van der Waals surface area contributed by atoms with Crippen molar-refractivity contribution >= 4 is 21.9 Å². The maximum absolute atomic E-state index is 12.2. The predicted molar refractivity (Wildman–Crippen MR) is 74.0 cm³/mol. The van der Waals surface area contributed by atoms with Gasteiger partial charge < -0.3 is 4.74 Å². The summed E-state index contributed by atoms with van der Waals surface area (Å²) in [6.45, 7) is 0. The molecule has 2 aromatic rings. The van der Waals surface area contributed by atoms with Crippen molar-refractivity contribution in [3.8, 4) is 0 Å². The minimum absolute atomic E-state index is 0.0686. The second kappa shape index (κ2) is 5.92. The number of hydrogen-bond donors (Lipinski definition) is 1. The summed E-state index contributed by atoms with van der Waals surface area (Å²) in [6, 6.07) is 5.94. The lowest BCUT2D eigenvalue weighted by atomic mass is 10.2. The fourth-order valence-corrected chi connectivity index (χ4v) is 2.63. The van der Waals surface area contributed by atoms with Gasteiger partial charge in [0, 0.05) is 7.05 Å². The van der Waals surface area contributed by atoms with E-state index in [0.29, 0.717) is 5.56 Å². The number of anilines is 1. The van der Waals surface area contributed by atoms with Gasteiger partial charge in [0.2, 0.25) is 5.95 Å². The van der Waals surface area contributed by atoms with Crippen molar-refractivity contribution in [3.63, 3.8) is 0 Å². The first-order valence-electron chi connectivity index (χ1n) is 5.95. The molecule has 0 spiro atoms. The topological polar surface area (TPSA) is 103 Å². The van der Waals surface area contributed by atoms with Crippen LogP contribution in [-0.4, -0.2) is 36.3 Å². The van der Waals surface area contributed by atoms with Crippen LogP contribution in [0.15, 0.2) is 35.5 Å². The minimum atomic E-state index is -3.75. The highest BCUT2D eigenvalue weighted by atomic mass is 32.2. The molecule has 1 N–H and O–H groups in total. The molecule has 0 aliphatic carbocycles. The molecule has 21 heavy (non-hydrogen) atoms. The first-order valence-corrected chi connectivity index (χ1v) is 7.43. The lowest BCUT2D eigenvalue weighted by molar-refractivity contribution is -0.139. The SMILES string of the molecule is COC(=O)Cc1ccc(S(=O)(=O)Nc2ncnn2C)cc1. The Kier molecular flexibility index (Phi) is 4.22. The molecule has 112 valence electrons. The number of benzene rings is 1. The molecule has 0 fully saturated rings. The van der Waals surface area contributed by atoms with Gasteiger partial charge in [0.15, 0.2) is 0 Å². The zero-order chi connectivity index (χ0) is 15.5. The van der Waals surface area contributed by atoms with Gasteiger partial charge in [-0.15, -0.1) is 0 Å². The van der Waals surface area contributed by atoms with Gasteiger partial charge in [-0.05, 0) is 17.7 Å². The molecule has 0 saturated carbocycles. The van der Waals surface area contributed by atoms with E-state index in [0.717, 1.165) is 0 Å². The summed E-state index contributed by atoms with van der Waals surface area (Å²) in [7, 11) is -0.875. The summed E-state index contributed by atoms with van der Waals surface area (Å²) in [5.74, 6) is -0.267. The quantitative estimate of drug-likeness (QED) is 0.798. The molecular weight excluding hydrogens is 296 g/mol. The number of rotatable bonds is 5. The van der Waals surface area contributed by atoms with Crippen LogP contribution in [0.25, 0.3) is 0 Å². The van der Waals surface area contributed by atoms with Gasteiger partial charge in [-0.1, -0.05) is 12.1 Å². The van der Waals surface area contributed by atoms with Crippen molar-refractivity contribution in [3.05, 3.63) is 36.2 Å². The van der Waals surface area contributed by atoms with E-state index >= 15 is 0 Å². The number of sulfonamides is 1. The number of ether oxygens (including phenoxy) is 1. The van der Waals surface area contributed by atoms with Gasteiger partial charge >= 0.3 is 5.97 Å². The normalized spacial score (nSPS) is 11.1. The Morgan fingerprint density at radius 2 is 2.00 bits per heavy atom. The molecule has 1 heterocycles. The molecule has 2 rings (SSSR count). The van der Waals surface area contributed by atoms with Crippen molar-refractivity contribution in [1.82, 2.24) is 14.8 Å². The van der Waals surface area contributed by atoms with Crippen LogP contribution in [0.4, 0.5) is 5.95 Å². The molecular formula is C12H14N4O4S. The largest absolute Gasteiger partial charge is 0.469 e. The standard InChI is InChI=1S/C12H14N4O4S/c1-16-12(13-8-14-16)15-21(18,19)10-5-3-9(4-6-10)7-11(17)20-2/h3-6,8H,7H2,1-2H3,(H,13,14,15). The van der Waals surface area contributed by atoms with Gasteiger partial charge in [0.25, 0.3) is 10.0 Å². The molecule has 1 aromatic carbocycles. The first kappa shape index (κ1) is 15.0. The zero-order valence-electron chi connectivity index (χ0n) is 11.5. The fraction of sp³-hybridized carbons (Fsp3) is 0.250. The van der Waals surface area contributed by atoms with Crippen LogP contribution in [0, 0.1) is 0 Å². The molecule has 0 saturated heterocycles. The number of esters is 1. The van der Waals surface area contributed by atoms with Crippen molar-refractivity contribution in [1.29, 1.82) is 0 Å². The van der Waals surface area contributed by atoms with Crippen LogP contribution in [0.5, 0.6) is 0 Å². The van der Waals surface area contributed by atoms with E-state index in [9.17, 15) is 13.2 Å². The summed E-state index contributed by atoms with van der Waals surface area (Å²) in [4.78, 5) is 15.0. The fourth-order valence-electron chi connectivity index (χ4n) is 1.59. The van der Waals surface area contributed by atoms with Gasteiger partial charge in [0.1, 0.15) is 6.33 Å². The van der Waals surface area contributed by atoms with E-state index in [4.69, 9.17) is 0 Å². The summed E-state index contributed by atoms with van der Waals surface area (Å²) in [5.41, 5.74) is 0.666. The van der Waals surface area contributed by atoms with Gasteiger partial charge in [-0.25, -0.2) is 17.8 Å². The van der Waals surface area contributed by atoms with E-state index in [1.807, 2.05) is 0 Å². The molecule has 0 aliphatic heterocycles. The number of aromatic nitrogens is 3. The average molecular weight is 310 g/mol. The molecule has 0 radical (unpaired) electrons. The van der Waals surface area contributed by atoms with Crippen molar-refractivity contribution in [2.45, 2.75) is 11.3 Å². The smallest absolute Gasteiger partial charge is 0.309 e. The Labute approximate surface area is 121 Å². The number of nitrogens with one attached hydrogen (secondary N) is 1. The summed E-state index contributed by atoms with van der Waals surface area (Å²) in [5, 5.41) is 3.78. The van der Waals surface area contributed by atoms with Gasteiger partial charge in [0.05, 0.1) is 18.4 Å². The average Bonchev–Trinajstić information content (AvgIpc) is 2.84. The summed E-state index contributed by atoms with van der Waals surface area (Å²) >= 11 is 0. The zero-order valence-corrected chi connectivity index (χ0v) is 12.3. The molecule has 8 nitrogen and oxygen atoms in total. The Bertz CT molecular complexity index is 737. The van der Waals surface area contributed by atoms with Crippen LogP contribution >= 0.6 is 0 Å². The number of carbonyl (C=O) groups excluding carboxylic acids is 1. The van der Waals surface area contributed by atoms with Crippen molar-refractivity contribution in [2.75, 3.05) is 11.8 Å². The van der Waals surface area contributed by atoms with Crippen LogP contribution in [0.1, 0.15) is 5.56 Å². The van der Waals surface area contributed by atoms with Gasteiger partial charge in [-0.2, -0.15) is 10.1 Å². The molecule has 0 bridgehead atoms. The van der Waals surface area contributed by atoms with E-state index in [1.165, 1.54) is 30.3 Å². The monoisotopic (exact) mass is 310 g/mol.